The van der Waals surface area contributed by atoms with E-state index < -0.39 is 12.0 Å². The van der Waals surface area contributed by atoms with Crippen LogP contribution in [-0.2, 0) is 4.79 Å². The number of carboxylic acids is 1. The Kier molecular flexibility index (Phi) is 5.39. The standard InChI is InChI=1S/C21H25NO3/c1-3-25-17-10-6-9-16(14-17)20(18-11-5-4-8-15(18)2)22-13-7-12-19(22)21(23)24/h4-6,8-11,14,19-20H,3,7,12-13H2,1-2H3,(H,23,24). The van der Waals surface area contributed by atoms with Gasteiger partial charge in [0.05, 0.1) is 12.6 Å². The number of hydrogen-bond donors (Lipinski definition) is 1. The summed E-state index contributed by atoms with van der Waals surface area (Å²) < 4.78 is 5.66. The molecule has 2 unspecified atom stereocenters. The van der Waals surface area contributed by atoms with Crippen LogP contribution in [0.4, 0.5) is 0 Å². The molecule has 4 heteroatoms. The molecule has 0 bridgehead atoms. The van der Waals surface area contributed by atoms with Gasteiger partial charge in [-0.3, -0.25) is 9.69 Å². The molecule has 132 valence electrons. The van der Waals surface area contributed by atoms with Crippen molar-refractivity contribution in [3.8, 4) is 5.75 Å². The summed E-state index contributed by atoms with van der Waals surface area (Å²) in [6.07, 6.45) is 1.60. The van der Waals surface area contributed by atoms with Gasteiger partial charge in [-0.05, 0) is 55.5 Å². The molecule has 2 aromatic rings. The minimum Gasteiger partial charge on any atom is -0.494 e. The van der Waals surface area contributed by atoms with Crippen molar-refractivity contribution in [3.05, 3.63) is 65.2 Å². The van der Waals surface area contributed by atoms with E-state index in [4.69, 9.17) is 4.74 Å². The number of carbonyl (C=O) groups is 1. The molecule has 2 aromatic carbocycles. The molecule has 1 saturated heterocycles. The number of likely N-dealkylation sites (tertiary alicyclic amines) is 1. The highest BCUT2D eigenvalue weighted by molar-refractivity contribution is 5.74. The second kappa shape index (κ2) is 7.70. The topological polar surface area (TPSA) is 49.8 Å². The molecule has 25 heavy (non-hydrogen) atoms. The SMILES string of the molecule is CCOc1cccc(C(c2ccccc2C)N2CCCC2C(=O)O)c1. The van der Waals surface area contributed by atoms with Gasteiger partial charge in [0.1, 0.15) is 11.8 Å². The lowest BCUT2D eigenvalue weighted by molar-refractivity contribution is -0.142. The third kappa shape index (κ3) is 3.69. The predicted molar refractivity (Wildman–Crippen MR) is 98.0 cm³/mol. The fourth-order valence-corrected chi connectivity index (χ4v) is 3.75. The Bertz CT molecular complexity index is 743. The molecule has 0 aliphatic carbocycles. The molecule has 0 aromatic heterocycles. The molecule has 0 spiro atoms. The first kappa shape index (κ1) is 17.5. The van der Waals surface area contributed by atoms with E-state index in [2.05, 4.69) is 30.0 Å². The molecule has 1 fully saturated rings. The minimum atomic E-state index is -0.739. The summed E-state index contributed by atoms with van der Waals surface area (Å²) in [5, 5.41) is 9.67. The number of benzene rings is 2. The number of aryl methyl sites for hydroxylation is 1. The highest BCUT2D eigenvalue weighted by Gasteiger charge is 2.37. The van der Waals surface area contributed by atoms with Gasteiger partial charge in [-0.2, -0.15) is 0 Å². The summed E-state index contributed by atoms with van der Waals surface area (Å²) >= 11 is 0. The van der Waals surface area contributed by atoms with Crippen molar-refractivity contribution in [2.75, 3.05) is 13.2 Å². The molecule has 0 amide bonds. The van der Waals surface area contributed by atoms with Crippen molar-refractivity contribution in [2.24, 2.45) is 0 Å². The Morgan fingerprint density at radius 2 is 2.08 bits per heavy atom. The van der Waals surface area contributed by atoms with Crippen LogP contribution in [0.3, 0.4) is 0 Å². The normalized spacial score (nSPS) is 18.9. The Labute approximate surface area is 149 Å². The summed E-state index contributed by atoms with van der Waals surface area (Å²) in [5.41, 5.74) is 3.41. The zero-order chi connectivity index (χ0) is 17.8. The Hall–Kier alpha value is -2.33. The summed E-state index contributed by atoms with van der Waals surface area (Å²) in [6, 6.07) is 15.7. The van der Waals surface area contributed by atoms with E-state index >= 15 is 0 Å². The fourth-order valence-electron chi connectivity index (χ4n) is 3.75. The van der Waals surface area contributed by atoms with Gasteiger partial charge in [-0.25, -0.2) is 0 Å². The summed E-state index contributed by atoms with van der Waals surface area (Å²) in [6.45, 7) is 5.45. The smallest absolute Gasteiger partial charge is 0.320 e. The Balaban J connectivity index is 2.08. The van der Waals surface area contributed by atoms with Gasteiger partial charge in [0.2, 0.25) is 0 Å². The first-order chi connectivity index (χ1) is 12.1. The van der Waals surface area contributed by atoms with Gasteiger partial charge < -0.3 is 9.84 Å². The van der Waals surface area contributed by atoms with Crippen LogP contribution in [0.15, 0.2) is 48.5 Å². The van der Waals surface area contributed by atoms with Gasteiger partial charge >= 0.3 is 5.97 Å². The highest BCUT2D eigenvalue weighted by atomic mass is 16.5. The predicted octanol–water partition coefficient (Wildman–Crippen LogP) is 4.03. The van der Waals surface area contributed by atoms with Gasteiger partial charge in [-0.15, -0.1) is 0 Å². The fraction of sp³-hybridized carbons (Fsp3) is 0.381. The third-order valence-corrected chi connectivity index (χ3v) is 4.88. The van der Waals surface area contributed by atoms with Gasteiger partial charge in [0, 0.05) is 6.54 Å². The van der Waals surface area contributed by atoms with Gasteiger partial charge in [0.25, 0.3) is 0 Å². The maximum absolute atomic E-state index is 11.8. The lowest BCUT2D eigenvalue weighted by atomic mass is 9.93. The number of aliphatic carboxylic acids is 1. The average molecular weight is 339 g/mol. The third-order valence-electron chi connectivity index (χ3n) is 4.88. The lowest BCUT2D eigenvalue weighted by Crippen LogP contribution is -2.39. The Morgan fingerprint density at radius 3 is 2.80 bits per heavy atom. The molecule has 1 heterocycles. The molecule has 1 aliphatic heterocycles. The monoisotopic (exact) mass is 339 g/mol. The number of hydrogen-bond acceptors (Lipinski definition) is 3. The van der Waals surface area contributed by atoms with E-state index in [1.54, 1.807) is 0 Å². The van der Waals surface area contributed by atoms with Crippen molar-refractivity contribution in [3.63, 3.8) is 0 Å². The molecule has 3 rings (SSSR count). The summed E-state index contributed by atoms with van der Waals surface area (Å²) in [7, 11) is 0. The molecule has 1 N–H and O–H groups in total. The number of carboxylic acid groups (broad SMARTS) is 1. The van der Waals surface area contributed by atoms with Crippen LogP contribution in [0.2, 0.25) is 0 Å². The van der Waals surface area contributed by atoms with Crippen molar-refractivity contribution in [2.45, 2.75) is 38.8 Å². The van der Waals surface area contributed by atoms with Crippen molar-refractivity contribution < 1.29 is 14.6 Å². The number of rotatable bonds is 6. The van der Waals surface area contributed by atoms with E-state index in [1.165, 1.54) is 5.56 Å². The van der Waals surface area contributed by atoms with Gasteiger partial charge in [-0.1, -0.05) is 36.4 Å². The summed E-state index contributed by atoms with van der Waals surface area (Å²) in [4.78, 5) is 13.9. The van der Waals surface area contributed by atoms with Crippen LogP contribution in [0.1, 0.15) is 42.5 Å². The maximum atomic E-state index is 11.8. The van der Waals surface area contributed by atoms with E-state index in [1.807, 2.05) is 37.3 Å². The van der Waals surface area contributed by atoms with E-state index in [9.17, 15) is 9.90 Å². The molecule has 1 aliphatic rings. The first-order valence-electron chi connectivity index (χ1n) is 8.88. The van der Waals surface area contributed by atoms with Crippen LogP contribution in [0, 0.1) is 6.92 Å². The molecular weight excluding hydrogens is 314 g/mol. The zero-order valence-corrected chi connectivity index (χ0v) is 14.8. The molecule has 0 radical (unpaired) electrons. The van der Waals surface area contributed by atoms with Gasteiger partial charge in [0.15, 0.2) is 0 Å². The largest absolute Gasteiger partial charge is 0.494 e. The molecular formula is C21H25NO3. The quantitative estimate of drug-likeness (QED) is 0.863. The maximum Gasteiger partial charge on any atom is 0.320 e. The zero-order valence-electron chi connectivity index (χ0n) is 14.8. The van der Waals surface area contributed by atoms with Crippen molar-refractivity contribution in [1.82, 2.24) is 4.90 Å². The van der Waals surface area contributed by atoms with E-state index in [0.717, 1.165) is 29.8 Å². The Morgan fingerprint density at radius 1 is 1.28 bits per heavy atom. The highest BCUT2D eigenvalue weighted by Crippen LogP contribution is 2.37. The van der Waals surface area contributed by atoms with Crippen molar-refractivity contribution >= 4 is 5.97 Å². The van der Waals surface area contributed by atoms with Crippen LogP contribution < -0.4 is 4.74 Å². The van der Waals surface area contributed by atoms with E-state index in [-0.39, 0.29) is 6.04 Å². The second-order valence-corrected chi connectivity index (χ2v) is 6.50. The average Bonchev–Trinajstić information content (AvgIpc) is 3.07. The van der Waals surface area contributed by atoms with Crippen LogP contribution >= 0.6 is 0 Å². The summed E-state index contributed by atoms with van der Waals surface area (Å²) in [5.74, 6) is 0.0849. The first-order valence-corrected chi connectivity index (χ1v) is 8.88. The molecule has 2 atom stereocenters. The number of nitrogens with zero attached hydrogens (tertiary/aromatic N) is 1. The molecule has 0 saturated carbocycles. The van der Waals surface area contributed by atoms with Crippen LogP contribution in [-0.4, -0.2) is 35.2 Å². The minimum absolute atomic E-state index is 0.0785. The number of ether oxygens (including phenoxy) is 1. The van der Waals surface area contributed by atoms with Crippen LogP contribution in [0.5, 0.6) is 5.75 Å². The van der Waals surface area contributed by atoms with E-state index in [0.29, 0.717) is 13.0 Å². The lowest BCUT2D eigenvalue weighted by Gasteiger charge is -2.33. The molecule has 4 nitrogen and oxygen atoms in total. The van der Waals surface area contributed by atoms with Crippen molar-refractivity contribution in [1.29, 1.82) is 0 Å². The second-order valence-electron chi connectivity index (χ2n) is 6.50. The van der Waals surface area contributed by atoms with Crippen LogP contribution in [0.25, 0.3) is 0 Å².